The van der Waals surface area contributed by atoms with Gasteiger partial charge >= 0.3 is 11.9 Å². The Kier molecular flexibility index (Phi) is 10.8. The fraction of sp³-hybridized carbons (Fsp3) is 0.344. The van der Waals surface area contributed by atoms with Crippen LogP contribution in [0.1, 0.15) is 65.5 Å². The number of carboxylic acids is 2. The minimum atomic E-state index is -1.40. The fourth-order valence-corrected chi connectivity index (χ4v) is 5.46. The van der Waals surface area contributed by atoms with E-state index in [1.807, 2.05) is 11.0 Å². The van der Waals surface area contributed by atoms with Crippen molar-refractivity contribution in [1.82, 2.24) is 20.6 Å². The second-order valence-corrected chi connectivity index (χ2v) is 10.8. The summed E-state index contributed by atoms with van der Waals surface area (Å²) in [4.78, 5) is 80.3. The molecular formula is C32H33N5O9. The molecule has 0 bridgehead atoms. The molecule has 240 valence electrons. The van der Waals surface area contributed by atoms with Crippen LogP contribution in [0.4, 0.5) is 5.69 Å². The number of aryl methyl sites for hydroxylation is 1. The van der Waals surface area contributed by atoms with Gasteiger partial charge in [-0.05, 0) is 73.2 Å². The summed E-state index contributed by atoms with van der Waals surface area (Å²) in [5, 5.41) is 32.9. The lowest BCUT2D eigenvalue weighted by atomic mass is 10.0. The molecule has 14 nitrogen and oxygen atoms in total. The number of H-pyrrole nitrogens is 1. The minimum absolute atomic E-state index is 0.105. The topological polar surface area (TPSA) is 219 Å². The fourth-order valence-electron chi connectivity index (χ4n) is 5.46. The van der Waals surface area contributed by atoms with Crippen LogP contribution < -0.4 is 21.1 Å². The molecule has 3 aromatic rings. The second kappa shape index (κ2) is 15.0. The zero-order valence-corrected chi connectivity index (χ0v) is 24.7. The van der Waals surface area contributed by atoms with Gasteiger partial charge in [-0.15, -0.1) is 6.42 Å². The third-order valence-electron chi connectivity index (χ3n) is 7.75. The summed E-state index contributed by atoms with van der Waals surface area (Å²) < 4.78 is 0. The van der Waals surface area contributed by atoms with Gasteiger partial charge in [-0.25, -0.2) is 9.78 Å². The highest BCUT2D eigenvalue weighted by Gasteiger charge is 2.30. The second-order valence-electron chi connectivity index (χ2n) is 10.8. The van der Waals surface area contributed by atoms with Gasteiger partial charge in [0.05, 0.1) is 29.5 Å². The third-order valence-corrected chi connectivity index (χ3v) is 7.75. The predicted molar refractivity (Wildman–Crippen MR) is 165 cm³/mol. The monoisotopic (exact) mass is 631 g/mol. The molecular weight excluding hydrogens is 598 g/mol. The van der Waals surface area contributed by atoms with E-state index in [2.05, 4.69) is 26.5 Å². The lowest BCUT2D eigenvalue weighted by Crippen LogP contribution is -2.42. The number of anilines is 1. The van der Waals surface area contributed by atoms with Gasteiger partial charge < -0.3 is 40.6 Å². The number of nitrogens with zero attached hydrogens (tertiary/aromatic N) is 2. The first-order chi connectivity index (χ1) is 22.0. The Balaban J connectivity index is 1.44. The summed E-state index contributed by atoms with van der Waals surface area (Å²) in [5.74, 6) is -0.974. The number of aliphatic hydroxyl groups is 1. The van der Waals surface area contributed by atoms with Crippen LogP contribution in [0.25, 0.3) is 10.9 Å². The number of nitrogens with one attached hydrogen (secondary N) is 3. The average Bonchev–Trinajstić information content (AvgIpc) is 3.44. The SMILES string of the molecule is C#CCN(c1ccc(C(=O)NC(CCC(=O)N[C@@H](C=O)CCC(=O)O)C(=O)O)cc1)[C@H]1CCc2cc3nc(CO)[nH]c(=O)c3cc21. The molecule has 0 aliphatic heterocycles. The number of rotatable bonds is 15. The Bertz CT molecular complexity index is 1750. The van der Waals surface area contributed by atoms with Crippen molar-refractivity contribution in [3.8, 4) is 12.3 Å². The van der Waals surface area contributed by atoms with Crippen molar-refractivity contribution in [1.29, 1.82) is 0 Å². The van der Waals surface area contributed by atoms with Crippen LogP contribution >= 0.6 is 0 Å². The molecule has 1 aliphatic carbocycles. The summed E-state index contributed by atoms with van der Waals surface area (Å²) in [6.45, 7) is -0.153. The number of aldehydes is 1. The van der Waals surface area contributed by atoms with Crippen molar-refractivity contribution in [2.45, 2.75) is 63.3 Å². The van der Waals surface area contributed by atoms with E-state index in [1.54, 1.807) is 18.2 Å². The van der Waals surface area contributed by atoms with E-state index in [1.165, 1.54) is 12.1 Å². The van der Waals surface area contributed by atoms with Crippen molar-refractivity contribution >= 4 is 46.6 Å². The van der Waals surface area contributed by atoms with Gasteiger partial charge in [0.2, 0.25) is 5.91 Å². The Morgan fingerprint density at radius 3 is 2.48 bits per heavy atom. The van der Waals surface area contributed by atoms with Crippen molar-refractivity contribution in [2.24, 2.45) is 0 Å². The van der Waals surface area contributed by atoms with Gasteiger partial charge in [-0.3, -0.25) is 19.2 Å². The molecule has 2 aromatic carbocycles. The normalized spacial score (nSPS) is 14.8. The van der Waals surface area contributed by atoms with E-state index >= 15 is 0 Å². The molecule has 1 aromatic heterocycles. The summed E-state index contributed by atoms with van der Waals surface area (Å²) in [6, 6.07) is 7.48. The van der Waals surface area contributed by atoms with Crippen LogP contribution in [0.5, 0.6) is 0 Å². The number of aromatic nitrogens is 2. The number of carboxylic acid groups (broad SMARTS) is 2. The van der Waals surface area contributed by atoms with Gasteiger partial charge in [0.1, 0.15) is 24.8 Å². The number of aliphatic hydroxyl groups excluding tert-OH is 1. The zero-order chi connectivity index (χ0) is 33.4. The minimum Gasteiger partial charge on any atom is -0.481 e. The molecule has 1 heterocycles. The van der Waals surface area contributed by atoms with E-state index in [9.17, 15) is 39.0 Å². The molecule has 0 saturated carbocycles. The smallest absolute Gasteiger partial charge is 0.326 e. The summed E-state index contributed by atoms with van der Waals surface area (Å²) in [7, 11) is 0. The molecule has 0 saturated heterocycles. The van der Waals surface area contributed by atoms with Crippen LogP contribution in [0.15, 0.2) is 41.2 Å². The van der Waals surface area contributed by atoms with Gasteiger partial charge in [0.25, 0.3) is 11.5 Å². The highest BCUT2D eigenvalue weighted by molar-refractivity contribution is 5.97. The first-order valence-electron chi connectivity index (χ1n) is 14.5. The standard InChI is InChI=1S/C32H33N5O9/c1-2-13-37(26-10-5-19-14-25-23(15-22(19)26)31(44)36-27(17-39)34-25)21-7-3-18(4-8-21)30(43)35-24(32(45)46)9-11-28(40)33-20(16-38)6-12-29(41)42/h1,3-4,7-8,14-16,20,24,26,39H,5-6,9-13,17H2,(H,33,40)(H,35,43)(H,41,42)(H,45,46)(H,34,36,44)/t20-,24?,26+/m1/s1. The lowest BCUT2D eigenvalue weighted by Gasteiger charge is -2.30. The number of carbonyl (C=O) groups excluding carboxylic acids is 3. The zero-order valence-electron chi connectivity index (χ0n) is 24.7. The van der Waals surface area contributed by atoms with Crippen molar-refractivity contribution < 1.29 is 39.3 Å². The van der Waals surface area contributed by atoms with E-state index in [0.717, 1.165) is 11.1 Å². The molecule has 1 aliphatic rings. The number of aliphatic carboxylic acids is 2. The number of hydrogen-bond acceptors (Lipinski definition) is 9. The van der Waals surface area contributed by atoms with E-state index in [0.29, 0.717) is 35.7 Å². The molecule has 2 amide bonds. The van der Waals surface area contributed by atoms with Crippen LogP contribution in [0.2, 0.25) is 0 Å². The Morgan fingerprint density at radius 1 is 1.11 bits per heavy atom. The maximum Gasteiger partial charge on any atom is 0.326 e. The molecule has 0 fully saturated rings. The van der Waals surface area contributed by atoms with Crippen LogP contribution in [-0.4, -0.2) is 74.0 Å². The highest BCUT2D eigenvalue weighted by atomic mass is 16.4. The Labute approximate surface area is 262 Å². The molecule has 4 rings (SSSR count). The third kappa shape index (κ3) is 7.93. The lowest BCUT2D eigenvalue weighted by molar-refractivity contribution is -0.140. The number of aromatic amines is 1. The predicted octanol–water partition coefficient (Wildman–Crippen LogP) is 1.05. The summed E-state index contributed by atoms with van der Waals surface area (Å²) in [5.41, 5.74) is 2.94. The molecule has 0 spiro atoms. The van der Waals surface area contributed by atoms with E-state index in [-0.39, 0.29) is 61.8 Å². The van der Waals surface area contributed by atoms with Crippen LogP contribution in [0.3, 0.4) is 0 Å². The number of amides is 2. The molecule has 3 atom stereocenters. The molecule has 14 heteroatoms. The van der Waals surface area contributed by atoms with Crippen LogP contribution in [-0.2, 0) is 32.2 Å². The van der Waals surface area contributed by atoms with Gasteiger partial charge in [-0.2, -0.15) is 0 Å². The maximum atomic E-state index is 12.9. The van der Waals surface area contributed by atoms with Crippen LogP contribution in [0, 0.1) is 12.3 Å². The quantitative estimate of drug-likeness (QED) is 0.103. The molecule has 6 N–H and O–H groups in total. The number of benzene rings is 2. The molecule has 0 radical (unpaired) electrons. The Morgan fingerprint density at radius 2 is 1.85 bits per heavy atom. The van der Waals surface area contributed by atoms with Crippen molar-refractivity contribution in [3.63, 3.8) is 0 Å². The summed E-state index contributed by atoms with van der Waals surface area (Å²) in [6.07, 6.45) is 6.52. The molecule has 46 heavy (non-hydrogen) atoms. The maximum absolute atomic E-state index is 12.9. The largest absolute Gasteiger partial charge is 0.481 e. The number of terminal acetylenes is 1. The van der Waals surface area contributed by atoms with Crippen molar-refractivity contribution in [3.05, 3.63) is 69.3 Å². The van der Waals surface area contributed by atoms with Crippen molar-refractivity contribution in [2.75, 3.05) is 11.4 Å². The number of carbonyl (C=O) groups is 5. The Hall–Kier alpha value is -5.55. The van der Waals surface area contributed by atoms with E-state index < -0.39 is 35.8 Å². The first-order valence-corrected chi connectivity index (χ1v) is 14.5. The number of hydrogen-bond donors (Lipinski definition) is 6. The van der Waals surface area contributed by atoms with Gasteiger partial charge in [-0.1, -0.05) is 5.92 Å². The van der Waals surface area contributed by atoms with E-state index in [4.69, 9.17) is 11.5 Å². The number of fused-ring (bicyclic) bond motifs is 2. The van der Waals surface area contributed by atoms with Gasteiger partial charge in [0, 0.05) is 24.1 Å². The average molecular weight is 632 g/mol. The summed E-state index contributed by atoms with van der Waals surface area (Å²) >= 11 is 0. The highest BCUT2D eigenvalue weighted by Crippen LogP contribution is 2.39. The van der Waals surface area contributed by atoms with Gasteiger partial charge in [0.15, 0.2) is 0 Å². The molecule has 1 unspecified atom stereocenters. The first kappa shape index (κ1) is 33.3.